The van der Waals surface area contributed by atoms with Crippen LogP contribution >= 0.6 is 0 Å². The molecule has 0 aliphatic carbocycles. The molecule has 4 heterocycles. The lowest BCUT2D eigenvalue weighted by molar-refractivity contribution is -0.136. The molecule has 3 aliphatic heterocycles. The van der Waals surface area contributed by atoms with Gasteiger partial charge < -0.3 is 15.5 Å². The summed E-state index contributed by atoms with van der Waals surface area (Å²) >= 11 is 0. The van der Waals surface area contributed by atoms with E-state index in [1.54, 1.807) is 18.3 Å². The maximum atomic E-state index is 13.2. The summed E-state index contributed by atoms with van der Waals surface area (Å²) in [5, 5.41) is 8.91. The monoisotopic (exact) mass is 462 g/mol. The largest absolute Gasteiger partial charge is 0.354 e. The number of piperazine rings is 1. The van der Waals surface area contributed by atoms with E-state index in [0.717, 1.165) is 42.5 Å². The number of piperidine rings is 1. The van der Waals surface area contributed by atoms with Gasteiger partial charge in [-0.15, -0.1) is 0 Å². The highest BCUT2D eigenvalue weighted by atomic mass is 16.2. The van der Waals surface area contributed by atoms with Crippen LogP contribution < -0.4 is 20.9 Å². The average molecular weight is 463 g/mol. The minimum Gasteiger partial charge on any atom is -0.354 e. The van der Waals surface area contributed by atoms with Gasteiger partial charge in [-0.2, -0.15) is 0 Å². The zero-order valence-electron chi connectivity index (χ0n) is 18.7. The van der Waals surface area contributed by atoms with Crippen LogP contribution in [0.2, 0.25) is 0 Å². The normalized spacial score (nSPS) is 20.5. The van der Waals surface area contributed by atoms with E-state index in [0.29, 0.717) is 29.8 Å². The molecule has 3 aliphatic rings. The molecule has 0 radical (unpaired) electrons. The fourth-order valence-corrected chi connectivity index (χ4v) is 4.71. The zero-order valence-corrected chi connectivity index (χ0v) is 18.7. The topological polar surface area (TPSA) is 124 Å². The minimum atomic E-state index is -0.967. The van der Waals surface area contributed by atoms with E-state index < -0.39 is 23.8 Å². The Morgan fingerprint density at radius 2 is 1.85 bits per heavy atom. The molecule has 5 rings (SSSR count). The van der Waals surface area contributed by atoms with Crippen LogP contribution in [0.15, 0.2) is 36.5 Å². The number of fused-ring (bicyclic) bond motifs is 1. The number of carbonyl (C=O) groups is 4. The van der Waals surface area contributed by atoms with Gasteiger partial charge in [0.25, 0.3) is 11.8 Å². The Kier molecular flexibility index (Phi) is 6.08. The highest BCUT2D eigenvalue weighted by Crippen LogP contribution is 2.30. The van der Waals surface area contributed by atoms with Crippen molar-refractivity contribution < 1.29 is 19.2 Å². The Morgan fingerprint density at radius 3 is 2.65 bits per heavy atom. The molecule has 10 heteroatoms. The van der Waals surface area contributed by atoms with Gasteiger partial charge in [-0.25, -0.2) is 4.98 Å². The van der Waals surface area contributed by atoms with Crippen LogP contribution in [0.5, 0.6) is 0 Å². The van der Waals surface area contributed by atoms with Crippen LogP contribution in [0, 0.1) is 0 Å². The second-order valence-electron chi connectivity index (χ2n) is 8.65. The SMILES string of the molecule is O=C1CCC(N2C(=O)c3cccc(CNCc4ccnc(N5CCNCC5)c4)c3C2=O)C(=O)N1. The number of pyridine rings is 1. The molecule has 4 amide bonds. The van der Waals surface area contributed by atoms with Crippen molar-refractivity contribution in [3.05, 3.63) is 58.8 Å². The average Bonchev–Trinajstić information content (AvgIpc) is 3.11. The molecule has 3 N–H and O–H groups in total. The number of anilines is 1. The van der Waals surface area contributed by atoms with Gasteiger partial charge in [0.2, 0.25) is 11.8 Å². The fourth-order valence-electron chi connectivity index (χ4n) is 4.71. The van der Waals surface area contributed by atoms with Crippen LogP contribution in [-0.2, 0) is 22.7 Å². The van der Waals surface area contributed by atoms with E-state index in [4.69, 9.17) is 0 Å². The van der Waals surface area contributed by atoms with Crippen molar-refractivity contribution in [2.24, 2.45) is 0 Å². The summed E-state index contributed by atoms with van der Waals surface area (Å²) in [5.41, 5.74) is 2.38. The smallest absolute Gasteiger partial charge is 0.262 e. The number of nitrogens with one attached hydrogen (secondary N) is 3. The Labute approximate surface area is 196 Å². The van der Waals surface area contributed by atoms with Gasteiger partial charge in [-0.05, 0) is 35.7 Å². The number of nitrogens with zero attached hydrogens (tertiary/aromatic N) is 3. The molecule has 176 valence electrons. The summed E-state index contributed by atoms with van der Waals surface area (Å²) in [6.07, 6.45) is 2.04. The first-order valence-corrected chi connectivity index (χ1v) is 11.5. The van der Waals surface area contributed by atoms with Crippen molar-refractivity contribution in [2.45, 2.75) is 32.0 Å². The maximum Gasteiger partial charge on any atom is 0.262 e. The second kappa shape index (κ2) is 9.32. The van der Waals surface area contributed by atoms with Crippen LogP contribution in [0.3, 0.4) is 0 Å². The molecule has 34 heavy (non-hydrogen) atoms. The van der Waals surface area contributed by atoms with Gasteiger partial charge in [0.15, 0.2) is 0 Å². The number of hydrogen-bond donors (Lipinski definition) is 3. The standard InChI is InChI=1S/C24H26N6O4/c31-20-5-4-18(22(32)28-20)30-23(33)17-3-1-2-16(21(17)24(30)34)14-26-13-15-6-7-27-19(12-15)29-10-8-25-9-11-29/h1-3,6-7,12,18,25-26H,4-5,8-11,13-14H2,(H,28,31,32). The highest BCUT2D eigenvalue weighted by Gasteiger charge is 2.45. The van der Waals surface area contributed by atoms with Crippen molar-refractivity contribution in [1.82, 2.24) is 25.8 Å². The molecule has 1 aromatic heterocycles. The summed E-state index contributed by atoms with van der Waals surface area (Å²) in [6, 6.07) is 8.20. The lowest BCUT2D eigenvalue weighted by atomic mass is 10.0. The number of aromatic nitrogens is 1. The highest BCUT2D eigenvalue weighted by molar-refractivity contribution is 6.24. The van der Waals surface area contributed by atoms with Gasteiger partial charge in [-0.3, -0.25) is 29.4 Å². The van der Waals surface area contributed by atoms with Crippen LogP contribution in [-0.4, -0.2) is 65.7 Å². The van der Waals surface area contributed by atoms with Gasteiger partial charge in [0.05, 0.1) is 11.1 Å². The molecule has 2 fully saturated rings. The predicted octanol–water partition coefficient (Wildman–Crippen LogP) is 0.182. The molecule has 2 aromatic rings. The van der Waals surface area contributed by atoms with E-state index in [-0.39, 0.29) is 18.7 Å². The molecular weight excluding hydrogens is 436 g/mol. The number of hydrogen-bond acceptors (Lipinski definition) is 8. The van der Waals surface area contributed by atoms with Crippen molar-refractivity contribution >= 4 is 29.4 Å². The minimum absolute atomic E-state index is 0.0973. The zero-order chi connectivity index (χ0) is 23.7. The van der Waals surface area contributed by atoms with E-state index in [9.17, 15) is 19.2 Å². The lowest BCUT2D eigenvalue weighted by Gasteiger charge is -2.28. The third-order valence-electron chi connectivity index (χ3n) is 6.45. The number of amides is 4. The Bertz CT molecular complexity index is 1160. The summed E-state index contributed by atoms with van der Waals surface area (Å²) < 4.78 is 0. The van der Waals surface area contributed by atoms with E-state index >= 15 is 0 Å². The fraction of sp³-hybridized carbons (Fsp3) is 0.375. The quantitative estimate of drug-likeness (QED) is 0.520. The third kappa shape index (κ3) is 4.17. The first kappa shape index (κ1) is 22.2. The number of rotatable bonds is 6. The summed E-state index contributed by atoms with van der Waals surface area (Å²) in [5.74, 6) is -1.03. The summed E-state index contributed by atoms with van der Waals surface area (Å²) in [7, 11) is 0. The Morgan fingerprint density at radius 1 is 1.03 bits per heavy atom. The van der Waals surface area contributed by atoms with E-state index in [1.165, 1.54) is 0 Å². The Hall–Kier alpha value is -3.63. The second-order valence-corrected chi connectivity index (χ2v) is 8.65. The third-order valence-corrected chi connectivity index (χ3v) is 6.45. The maximum absolute atomic E-state index is 13.2. The first-order valence-electron chi connectivity index (χ1n) is 11.5. The molecule has 1 aromatic carbocycles. The molecular formula is C24H26N6O4. The molecule has 10 nitrogen and oxygen atoms in total. The number of imide groups is 2. The van der Waals surface area contributed by atoms with Gasteiger partial charge in [-0.1, -0.05) is 12.1 Å². The van der Waals surface area contributed by atoms with Gasteiger partial charge in [0.1, 0.15) is 11.9 Å². The van der Waals surface area contributed by atoms with Crippen LogP contribution in [0.1, 0.15) is 44.7 Å². The molecule has 2 saturated heterocycles. The molecule has 0 spiro atoms. The van der Waals surface area contributed by atoms with E-state index in [2.05, 4.69) is 31.9 Å². The molecule has 1 atom stereocenters. The summed E-state index contributed by atoms with van der Waals surface area (Å²) in [6.45, 7) is 4.67. The Balaban J connectivity index is 1.28. The summed E-state index contributed by atoms with van der Waals surface area (Å²) in [4.78, 5) is 57.7. The van der Waals surface area contributed by atoms with E-state index in [1.807, 2.05) is 12.1 Å². The first-order chi connectivity index (χ1) is 16.5. The van der Waals surface area contributed by atoms with Crippen molar-refractivity contribution in [2.75, 3.05) is 31.1 Å². The van der Waals surface area contributed by atoms with Crippen molar-refractivity contribution in [1.29, 1.82) is 0 Å². The van der Waals surface area contributed by atoms with Gasteiger partial charge >= 0.3 is 0 Å². The molecule has 0 saturated carbocycles. The van der Waals surface area contributed by atoms with Crippen LogP contribution in [0.25, 0.3) is 0 Å². The number of benzene rings is 1. The molecule has 0 bridgehead atoms. The van der Waals surface area contributed by atoms with Crippen molar-refractivity contribution in [3.63, 3.8) is 0 Å². The van der Waals surface area contributed by atoms with Crippen molar-refractivity contribution in [3.8, 4) is 0 Å². The van der Waals surface area contributed by atoms with Crippen LogP contribution in [0.4, 0.5) is 5.82 Å². The van der Waals surface area contributed by atoms with Gasteiger partial charge in [0, 0.05) is 51.9 Å². The predicted molar refractivity (Wildman–Crippen MR) is 123 cm³/mol. The number of carbonyl (C=O) groups excluding carboxylic acids is 4. The lowest BCUT2D eigenvalue weighted by Crippen LogP contribution is -2.54. The molecule has 1 unspecified atom stereocenters.